The zero-order chi connectivity index (χ0) is 15.4. The summed E-state index contributed by atoms with van der Waals surface area (Å²) in [5, 5.41) is 15.2. The van der Waals surface area contributed by atoms with Gasteiger partial charge in [-0.3, -0.25) is 10.1 Å². The van der Waals surface area contributed by atoms with Crippen LogP contribution in [0.15, 0.2) is 34.3 Å². The summed E-state index contributed by atoms with van der Waals surface area (Å²) >= 11 is 1.21. The standard InChI is InChI=1S/C14H16N4O2S/c1-4-15-12-6-5-11(18(19)20)14(17-12)21-13-8-9(2)7-10(3)16-13/h5-8H,4H2,1-3H3,(H,15,17). The van der Waals surface area contributed by atoms with E-state index in [1.165, 1.54) is 17.8 Å². The van der Waals surface area contributed by atoms with E-state index < -0.39 is 4.92 Å². The predicted molar refractivity (Wildman–Crippen MR) is 82.9 cm³/mol. The van der Waals surface area contributed by atoms with E-state index in [4.69, 9.17) is 0 Å². The lowest BCUT2D eigenvalue weighted by molar-refractivity contribution is -0.388. The molecule has 6 nitrogen and oxygen atoms in total. The van der Waals surface area contributed by atoms with Crippen LogP contribution >= 0.6 is 11.8 Å². The molecular weight excluding hydrogens is 288 g/mol. The molecule has 21 heavy (non-hydrogen) atoms. The van der Waals surface area contributed by atoms with Gasteiger partial charge in [-0.1, -0.05) is 0 Å². The quantitative estimate of drug-likeness (QED) is 0.671. The van der Waals surface area contributed by atoms with E-state index in [0.717, 1.165) is 11.3 Å². The van der Waals surface area contributed by atoms with E-state index in [9.17, 15) is 10.1 Å². The first-order valence-corrected chi connectivity index (χ1v) is 7.33. The minimum atomic E-state index is -0.423. The van der Waals surface area contributed by atoms with E-state index in [-0.39, 0.29) is 5.69 Å². The summed E-state index contributed by atoms with van der Waals surface area (Å²) in [6, 6.07) is 6.93. The molecule has 0 fully saturated rings. The van der Waals surface area contributed by atoms with Gasteiger partial charge in [0.05, 0.1) is 4.92 Å². The minimum absolute atomic E-state index is 0.0115. The van der Waals surface area contributed by atoms with Crippen LogP contribution in [0.2, 0.25) is 0 Å². The second-order valence-corrected chi connectivity index (χ2v) is 5.54. The lowest BCUT2D eigenvalue weighted by atomic mass is 10.3. The summed E-state index contributed by atoms with van der Waals surface area (Å²) in [6.45, 7) is 6.52. The molecule has 0 unspecified atom stereocenters. The molecule has 0 amide bonds. The Hall–Kier alpha value is -2.15. The van der Waals surface area contributed by atoms with Crippen molar-refractivity contribution in [2.45, 2.75) is 30.8 Å². The number of nitrogens with zero attached hydrogens (tertiary/aromatic N) is 3. The summed E-state index contributed by atoms with van der Waals surface area (Å²) in [7, 11) is 0. The molecule has 0 spiro atoms. The third-order valence-corrected chi connectivity index (χ3v) is 3.58. The molecule has 0 atom stereocenters. The largest absolute Gasteiger partial charge is 0.370 e. The number of anilines is 1. The van der Waals surface area contributed by atoms with Crippen LogP contribution in [0.5, 0.6) is 0 Å². The van der Waals surface area contributed by atoms with Gasteiger partial charge in [0.15, 0.2) is 5.03 Å². The van der Waals surface area contributed by atoms with Gasteiger partial charge < -0.3 is 5.32 Å². The maximum atomic E-state index is 11.1. The molecule has 2 rings (SSSR count). The topological polar surface area (TPSA) is 81.0 Å². The second kappa shape index (κ2) is 6.53. The number of nitrogens with one attached hydrogen (secondary N) is 1. The summed E-state index contributed by atoms with van der Waals surface area (Å²) in [6.07, 6.45) is 0. The third-order valence-electron chi connectivity index (χ3n) is 2.67. The van der Waals surface area contributed by atoms with Gasteiger partial charge in [-0.15, -0.1) is 0 Å². The Balaban J connectivity index is 2.40. The van der Waals surface area contributed by atoms with E-state index in [0.29, 0.717) is 22.4 Å². The van der Waals surface area contributed by atoms with E-state index in [1.54, 1.807) is 6.07 Å². The molecule has 0 bridgehead atoms. The van der Waals surface area contributed by atoms with Crippen molar-refractivity contribution in [1.29, 1.82) is 0 Å². The molecule has 0 aliphatic carbocycles. The number of hydrogen-bond acceptors (Lipinski definition) is 6. The molecule has 2 aromatic heterocycles. The number of rotatable bonds is 5. The van der Waals surface area contributed by atoms with Gasteiger partial charge in [-0.05, 0) is 56.3 Å². The molecule has 0 radical (unpaired) electrons. The fraction of sp³-hybridized carbons (Fsp3) is 0.286. The number of aryl methyl sites for hydroxylation is 2. The van der Waals surface area contributed by atoms with Crippen molar-refractivity contribution in [2.24, 2.45) is 0 Å². The highest BCUT2D eigenvalue weighted by atomic mass is 32.2. The fourth-order valence-corrected chi connectivity index (χ4v) is 2.91. The maximum Gasteiger partial charge on any atom is 0.301 e. The van der Waals surface area contributed by atoms with Gasteiger partial charge in [-0.2, -0.15) is 0 Å². The van der Waals surface area contributed by atoms with Gasteiger partial charge in [-0.25, -0.2) is 9.97 Å². The van der Waals surface area contributed by atoms with Gasteiger partial charge >= 0.3 is 5.69 Å². The highest BCUT2D eigenvalue weighted by Gasteiger charge is 2.18. The molecule has 0 saturated heterocycles. The Kier molecular flexibility index (Phi) is 4.74. The zero-order valence-electron chi connectivity index (χ0n) is 12.1. The van der Waals surface area contributed by atoms with Crippen LogP contribution in [0, 0.1) is 24.0 Å². The fourth-order valence-electron chi connectivity index (χ4n) is 1.88. The molecule has 7 heteroatoms. The normalized spacial score (nSPS) is 10.4. The average molecular weight is 304 g/mol. The van der Waals surface area contributed by atoms with Crippen molar-refractivity contribution in [3.05, 3.63) is 45.6 Å². The summed E-state index contributed by atoms with van der Waals surface area (Å²) in [5.74, 6) is 0.620. The van der Waals surface area contributed by atoms with Crippen LogP contribution in [0.25, 0.3) is 0 Å². The molecule has 1 N–H and O–H groups in total. The van der Waals surface area contributed by atoms with Gasteiger partial charge in [0.25, 0.3) is 0 Å². The van der Waals surface area contributed by atoms with Crippen molar-refractivity contribution in [1.82, 2.24) is 9.97 Å². The Morgan fingerprint density at radius 3 is 2.67 bits per heavy atom. The SMILES string of the molecule is CCNc1ccc([N+](=O)[O-])c(Sc2cc(C)cc(C)n2)n1. The average Bonchev–Trinajstić information content (AvgIpc) is 2.37. The first-order valence-electron chi connectivity index (χ1n) is 6.52. The lowest BCUT2D eigenvalue weighted by Crippen LogP contribution is -2.02. The van der Waals surface area contributed by atoms with Gasteiger partial charge in [0.2, 0.25) is 0 Å². The van der Waals surface area contributed by atoms with Gasteiger partial charge in [0.1, 0.15) is 10.8 Å². The number of nitro groups is 1. The van der Waals surface area contributed by atoms with Gasteiger partial charge in [0, 0.05) is 18.3 Å². The Morgan fingerprint density at radius 1 is 1.29 bits per heavy atom. The summed E-state index contributed by atoms with van der Waals surface area (Å²) in [4.78, 5) is 19.4. The predicted octanol–water partition coefficient (Wildman–Crippen LogP) is 3.58. The summed E-state index contributed by atoms with van der Waals surface area (Å²) in [5.41, 5.74) is 1.93. The molecule has 0 aromatic carbocycles. The maximum absolute atomic E-state index is 11.1. The van der Waals surface area contributed by atoms with Crippen molar-refractivity contribution in [3.63, 3.8) is 0 Å². The van der Waals surface area contributed by atoms with E-state index in [1.807, 2.05) is 32.9 Å². The molecule has 0 aliphatic heterocycles. The van der Waals surface area contributed by atoms with E-state index in [2.05, 4.69) is 15.3 Å². The van der Waals surface area contributed by atoms with Crippen molar-refractivity contribution in [2.75, 3.05) is 11.9 Å². The van der Waals surface area contributed by atoms with Crippen LogP contribution in [0.1, 0.15) is 18.2 Å². The molecule has 2 aromatic rings. The lowest BCUT2D eigenvalue weighted by Gasteiger charge is -2.07. The Bertz CT molecular complexity index is 656. The van der Waals surface area contributed by atoms with Crippen LogP contribution in [0.3, 0.4) is 0 Å². The monoisotopic (exact) mass is 304 g/mol. The van der Waals surface area contributed by atoms with Crippen LogP contribution < -0.4 is 5.32 Å². The molecule has 0 saturated carbocycles. The third kappa shape index (κ3) is 3.91. The Labute approximate surface area is 127 Å². The number of pyridine rings is 2. The molecule has 0 aliphatic rings. The van der Waals surface area contributed by atoms with Crippen molar-refractivity contribution < 1.29 is 4.92 Å². The first-order chi connectivity index (χ1) is 9.99. The number of hydrogen-bond donors (Lipinski definition) is 1. The number of aromatic nitrogens is 2. The molecular formula is C14H16N4O2S. The minimum Gasteiger partial charge on any atom is -0.370 e. The highest BCUT2D eigenvalue weighted by molar-refractivity contribution is 7.99. The second-order valence-electron chi connectivity index (χ2n) is 4.53. The molecule has 2 heterocycles. The summed E-state index contributed by atoms with van der Waals surface area (Å²) < 4.78 is 0. The zero-order valence-corrected chi connectivity index (χ0v) is 12.9. The smallest absolute Gasteiger partial charge is 0.301 e. The Morgan fingerprint density at radius 2 is 2.05 bits per heavy atom. The van der Waals surface area contributed by atoms with Crippen LogP contribution in [-0.4, -0.2) is 21.4 Å². The first kappa shape index (κ1) is 15.2. The van der Waals surface area contributed by atoms with Crippen molar-refractivity contribution in [3.8, 4) is 0 Å². The van der Waals surface area contributed by atoms with E-state index >= 15 is 0 Å². The molecule has 110 valence electrons. The van der Waals surface area contributed by atoms with Crippen LogP contribution in [-0.2, 0) is 0 Å². The van der Waals surface area contributed by atoms with Crippen molar-refractivity contribution >= 4 is 23.3 Å². The van der Waals surface area contributed by atoms with Crippen LogP contribution in [0.4, 0.5) is 11.5 Å². The highest BCUT2D eigenvalue weighted by Crippen LogP contribution is 2.33.